The summed E-state index contributed by atoms with van der Waals surface area (Å²) in [7, 11) is 0. The van der Waals surface area contributed by atoms with E-state index in [1.54, 1.807) is 25.1 Å². The van der Waals surface area contributed by atoms with Gasteiger partial charge in [-0.05, 0) is 50.1 Å². The number of amides is 1. The zero-order valence-corrected chi connectivity index (χ0v) is 9.29. The van der Waals surface area contributed by atoms with E-state index in [1.807, 2.05) is 0 Å². The lowest BCUT2D eigenvalue weighted by Gasteiger charge is -2.11. The lowest BCUT2D eigenvalue weighted by Crippen LogP contribution is -2.35. The fourth-order valence-corrected chi connectivity index (χ4v) is 1.87. The second kappa shape index (κ2) is 4.53. The van der Waals surface area contributed by atoms with Crippen LogP contribution in [0.1, 0.15) is 18.4 Å². The predicted molar refractivity (Wildman–Crippen MR) is 62.5 cm³/mol. The molecule has 0 saturated carbocycles. The average molecular weight is 220 g/mol. The number of aromatic hydroxyl groups is 1. The molecule has 1 aliphatic heterocycles. The van der Waals surface area contributed by atoms with Gasteiger partial charge in [-0.3, -0.25) is 4.79 Å². The number of rotatable bonds is 2. The third-order valence-electron chi connectivity index (χ3n) is 2.84. The highest BCUT2D eigenvalue weighted by molar-refractivity contribution is 5.95. The van der Waals surface area contributed by atoms with Crippen LogP contribution in [-0.4, -0.2) is 23.6 Å². The highest BCUT2D eigenvalue weighted by atomic mass is 16.3. The summed E-state index contributed by atoms with van der Waals surface area (Å²) < 4.78 is 0. The van der Waals surface area contributed by atoms with Gasteiger partial charge >= 0.3 is 0 Å². The fraction of sp³-hybridized carbons (Fsp3) is 0.417. The summed E-state index contributed by atoms with van der Waals surface area (Å²) in [5, 5.41) is 15.3. The van der Waals surface area contributed by atoms with Crippen molar-refractivity contribution in [1.29, 1.82) is 0 Å². The van der Waals surface area contributed by atoms with Gasteiger partial charge in [-0.15, -0.1) is 0 Å². The first-order valence-corrected chi connectivity index (χ1v) is 5.50. The number of nitrogens with one attached hydrogen (secondary N) is 2. The number of phenolic OH excluding ortho intramolecular Hbond substituents is 1. The van der Waals surface area contributed by atoms with Gasteiger partial charge in [0.15, 0.2) is 0 Å². The molecule has 2 rings (SSSR count). The number of hydrogen-bond donors (Lipinski definition) is 3. The van der Waals surface area contributed by atoms with Crippen LogP contribution in [-0.2, 0) is 4.79 Å². The summed E-state index contributed by atoms with van der Waals surface area (Å²) in [4.78, 5) is 11.8. The number of carbonyl (C=O) groups excluding carboxylic acids is 1. The van der Waals surface area contributed by atoms with Crippen molar-refractivity contribution in [3.05, 3.63) is 23.8 Å². The fourth-order valence-electron chi connectivity index (χ4n) is 1.87. The van der Waals surface area contributed by atoms with E-state index in [4.69, 9.17) is 0 Å². The maximum absolute atomic E-state index is 11.8. The van der Waals surface area contributed by atoms with Crippen LogP contribution in [0.3, 0.4) is 0 Å². The van der Waals surface area contributed by atoms with E-state index in [9.17, 15) is 9.90 Å². The van der Waals surface area contributed by atoms with Crippen LogP contribution in [0.5, 0.6) is 5.75 Å². The van der Waals surface area contributed by atoms with Crippen LogP contribution in [0.15, 0.2) is 18.2 Å². The molecule has 86 valence electrons. The normalized spacial score (nSPS) is 19.7. The molecule has 0 bridgehead atoms. The molecule has 1 saturated heterocycles. The van der Waals surface area contributed by atoms with Gasteiger partial charge < -0.3 is 15.7 Å². The van der Waals surface area contributed by atoms with Crippen molar-refractivity contribution >= 4 is 11.6 Å². The number of phenols is 1. The zero-order chi connectivity index (χ0) is 11.5. The number of carbonyl (C=O) groups is 1. The van der Waals surface area contributed by atoms with Crippen molar-refractivity contribution in [2.24, 2.45) is 0 Å². The summed E-state index contributed by atoms with van der Waals surface area (Å²) in [5.74, 6) is 0.250. The van der Waals surface area contributed by atoms with Crippen molar-refractivity contribution in [3.8, 4) is 5.75 Å². The standard InChI is InChI=1S/C12H16N2O2/c1-8-7-9(4-5-11(8)15)14-12(16)10-3-2-6-13-10/h4-5,7,10,13,15H,2-3,6H2,1H3,(H,14,16). The van der Waals surface area contributed by atoms with Crippen molar-refractivity contribution < 1.29 is 9.90 Å². The summed E-state index contributed by atoms with van der Waals surface area (Å²) in [6.45, 7) is 2.71. The predicted octanol–water partition coefficient (Wildman–Crippen LogP) is 1.39. The van der Waals surface area contributed by atoms with Gasteiger partial charge in [0.05, 0.1) is 6.04 Å². The molecule has 0 aromatic heterocycles. The smallest absolute Gasteiger partial charge is 0.241 e. The molecule has 4 nitrogen and oxygen atoms in total. The lowest BCUT2D eigenvalue weighted by molar-refractivity contribution is -0.117. The molecule has 1 unspecified atom stereocenters. The van der Waals surface area contributed by atoms with Crippen molar-refractivity contribution in [2.45, 2.75) is 25.8 Å². The number of benzene rings is 1. The molecule has 1 aromatic rings. The van der Waals surface area contributed by atoms with Crippen LogP contribution in [0.25, 0.3) is 0 Å². The van der Waals surface area contributed by atoms with E-state index in [1.165, 1.54) is 0 Å². The third kappa shape index (κ3) is 2.33. The van der Waals surface area contributed by atoms with E-state index < -0.39 is 0 Å². The Balaban J connectivity index is 2.02. The molecule has 0 spiro atoms. The Kier molecular flexibility index (Phi) is 3.10. The minimum atomic E-state index is -0.0749. The Morgan fingerprint density at radius 2 is 2.38 bits per heavy atom. The van der Waals surface area contributed by atoms with Gasteiger partial charge in [0.2, 0.25) is 5.91 Å². The van der Waals surface area contributed by atoms with E-state index in [2.05, 4.69) is 10.6 Å². The van der Waals surface area contributed by atoms with Crippen LogP contribution in [0.2, 0.25) is 0 Å². The monoisotopic (exact) mass is 220 g/mol. The molecule has 1 atom stereocenters. The van der Waals surface area contributed by atoms with Crippen molar-refractivity contribution in [1.82, 2.24) is 5.32 Å². The molecular formula is C12H16N2O2. The highest BCUT2D eigenvalue weighted by Crippen LogP contribution is 2.20. The molecule has 1 aliphatic rings. The minimum Gasteiger partial charge on any atom is -0.508 e. The van der Waals surface area contributed by atoms with E-state index in [-0.39, 0.29) is 17.7 Å². The average Bonchev–Trinajstić information content (AvgIpc) is 2.77. The van der Waals surface area contributed by atoms with E-state index in [0.717, 1.165) is 30.6 Å². The number of hydrogen-bond acceptors (Lipinski definition) is 3. The van der Waals surface area contributed by atoms with Crippen LogP contribution in [0, 0.1) is 6.92 Å². The molecule has 0 aliphatic carbocycles. The molecular weight excluding hydrogens is 204 g/mol. The summed E-state index contributed by atoms with van der Waals surface area (Å²) in [6.07, 6.45) is 1.94. The maximum Gasteiger partial charge on any atom is 0.241 e. The molecule has 0 radical (unpaired) electrons. The Morgan fingerprint density at radius 1 is 1.56 bits per heavy atom. The molecule has 1 amide bonds. The van der Waals surface area contributed by atoms with Crippen LogP contribution < -0.4 is 10.6 Å². The summed E-state index contributed by atoms with van der Waals surface area (Å²) in [6, 6.07) is 4.99. The SMILES string of the molecule is Cc1cc(NC(=O)C2CCCN2)ccc1O. The minimum absolute atomic E-state index is 0.00240. The lowest BCUT2D eigenvalue weighted by atomic mass is 10.2. The van der Waals surface area contributed by atoms with Crippen LogP contribution in [0.4, 0.5) is 5.69 Å². The first kappa shape index (κ1) is 11.0. The molecule has 3 N–H and O–H groups in total. The number of anilines is 1. The Bertz CT molecular complexity index is 398. The second-order valence-electron chi connectivity index (χ2n) is 4.14. The molecule has 1 heterocycles. The third-order valence-corrected chi connectivity index (χ3v) is 2.84. The quantitative estimate of drug-likeness (QED) is 0.660. The van der Waals surface area contributed by atoms with Gasteiger partial charge in [-0.25, -0.2) is 0 Å². The highest BCUT2D eigenvalue weighted by Gasteiger charge is 2.21. The van der Waals surface area contributed by atoms with Crippen molar-refractivity contribution in [2.75, 3.05) is 11.9 Å². The first-order chi connectivity index (χ1) is 7.66. The van der Waals surface area contributed by atoms with Gasteiger partial charge in [0.25, 0.3) is 0 Å². The van der Waals surface area contributed by atoms with Gasteiger partial charge in [-0.1, -0.05) is 0 Å². The van der Waals surface area contributed by atoms with Crippen molar-refractivity contribution in [3.63, 3.8) is 0 Å². The molecule has 1 aromatic carbocycles. The topological polar surface area (TPSA) is 61.4 Å². The number of aryl methyl sites for hydroxylation is 1. The summed E-state index contributed by atoms with van der Waals surface area (Å²) in [5.41, 5.74) is 1.49. The van der Waals surface area contributed by atoms with E-state index >= 15 is 0 Å². The Labute approximate surface area is 94.7 Å². The van der Waals surface area contributed by atoms with Crippen LogP contribution >= 0.6 is 0 Å². The molecule has 1 fully saturated rings. The van der Waals surface area contributed by atoms with E-state index in [0.29, 0.717) is 0 Å². The largest absolute Gasteiger partial charge is 0.508 e. The Morgan fingerprint density at radius 3 is 3.00 bits per heavy atom. The van der Waals surface area contributed by atoms with Gasteiger partial charge in [0.1, 0.15) is 5.75 Å². The maximum atomic E-state index is 11.8. The Hall–Kier alpha value is -1.55. The molecule has 4 heteroatoms. The zero-order valence-electron chi connectivity index (χ0n) is 9.29. The second-order valence-corrected chi connectivity index (χ2v) is 4.14. The summed E-state index contributed by atoms with van der Waals surface area (Å²) >= 11 is 0. The van der Waals surface area contributed by atoms with Gasteiger partial charge in [0, 0.05) is 5.69 Å². The first-order valence-electron chi connectivity index (χ1n) is 5.50. The molecule has 16 heavy (non-hydrogen) atoms. The van der Waals surface area contributed by atoms with Gasteiger partial charge in [-0.2, -0.15) is 0 Å².